The molecule has 0 amide bonds. The average Bonchev–Trinajstić information content (AvgIpc) is 2.69. The molecule has 3 N–H and O–H groups in total. The molecule has 16 heavy (non-hydrogen) atoms. The Bertz CT molecular complexity index is 438. The van der Waals surface area contributed by atoms with Gasteiger partial charge in [-0.15, -0.1) is 0 Å². The molecular weight excluding hydrogens is 232 g/mol. The first kappa shape index (κ1) is 12.7. The molecule has 0 fully saturated rings. The van der Waals surface area contributed by atoms with Gasteiger partial charge < -0.3 is 10.1 Å². The van der Waals surface area contributed by atoms with Gasteiger partial charge in [-0.1, -0.05) is 13.3 Å². The van der Waals surface area contributed by atoms with Crippen molar-refractivity contribution in [1.29, 1.82) is 0 Å². The Balaban J connectivity index is 2.82. The molecule has 90 valence electrons. The van der Waals surface area contributed by atoms with E-state index in [1.54, 1.807) is 6.92 Å². The normalized spacial score (nSPS) is 13.6. The van der Waals surface area contributed by atoms with E-state index in [4.69, 9.17) is 5.11 Å². The lowest BCUT2D eigenvalue weighted by atomic mass is 10.2. The molecule has 1 aromatic rings. The topological polar surface area (TPSA) is 99.3 Å². The number of sulfonamides is 1. The molecule has 1 rings (SSSR count). The number of carbonyl (C=O) groups is 1. The van der Waals surface area contributed by atoms with Crippen molar-refractivity contribution in [1.82, 2.24) is 9.71 Å². The summed E-state index contributed by atoms with van der Waals surface area (Å²) in [6, 6.07) is 0.289. The Morgan fingerprint density at radius 3 is 2.75 bits per heavy atom. The summed E-state index contributed by atoms with van der Waals surface area (Å²) in [5.74, 6) is -1.17. The third kappa shape index (κ3) is 3.07. The van der Waals surface area contributed by atoms with Crippen molar-refractivity contribution in [2.75, 3.05) is 0 Å². The van der Waals surface area contributed by atoms with Crippen molar-refractivity contribution in [2.45, 2.75) is 30.7 Å². The van der Waals surface area contributed by atoms with Crippen molar-refractivity contribution in [2.24, 2.45) is 0 Å². The zero-order valence-electron chi connectivity index (χ0n) is 8.80. The summed E-state index contributed by atoms with van der Waals surface area (Å²) in [5, 5.41) is 8.83. The number of nitrogens with one attached hydrogen (secondary N) is 2. The van der Waals surface area contributed by atoms with Crippen LogP contribution in [0, 0.1) is 0 Å². The second kappa shape index (κ2) is 5.13. The van der Waals surface area contributed by atoms with Crippen molar-refractivity contribution in [3.63, 3.8) is 0 Å². The van der Waals surface area contributed by atoms with Gasteiger partial charge in [-0.2, -0.15) is 4.72 Å². The molecule has 0 aliphatic heterocycles. The van der Waals surface area contributed by atoms with Gasteiger partial charge in [-0.25, -0.2) is 8.42 Å². The van der Waals surface area contributed by atoms with Crippen LogP contribution in [0.4, 0.5) is 0 Å². The number of hydrogen-bond acceptors (Lipinski definition) is 3. The highest BCUT2D eigenvalue weighted by molar-refractivity contribution is 7.89. The van der Waals surface area contributed by atoms with E-state index in [1.165, 1.54) is 18.5 Å². The maximum Gasteiger partial charge on any atom is 0.321 e. The van der Waals surface area contributed by atoms with Crippen molar-refractivity contribution >= 4 is 16.0 Å². The molecule has 0 bridgehead atoms. The summed E-state index contributed by atoms with van der Waals surface area (Å²) in [4.78, 5) is 13.4. The zero-order valence-corrected chi connectivity index (χ0v) is 9.62. The van der Waals surface area contributed by atoms with Gasteiger partial charge in [0.25, 0.3) is 0 Å². The van der Waals surface area contributed by atoms with Crippen LogP contribution in [-0.2, 0) is 14.8 Å². The average molecular weight is 246 g/mol. The number of carboxylic acid groups (broad SMARTS) is 1. The highest BCUT2D eigenvalue weighted by Gasteiger charge is 2.24. The van der Waals surface area contributed by atoms with Crippen LogP contribution >= 0.6 is 0 Å². The third-order valence-corrected chi connectivity index (χ3v) is 3.52. The Morgan fingerprint density at radius 2 is 2.31 bits per heavy atom. The summed E-state index contributed by atoms with van der Waals surface area (Å²) in [7, 11) is -3.75. The Kier molecular flexibility index (Phi) is 4.08. The molecule has 0 radical (unpaired) electrons. The molecular formula is C9H14N2O4S. The van der Waals surface area contributed by atoms with Gasteiger partial charge in [0.05, 0.1) is 4.90 Å². The lowest BCUT2D eigenvalue weighted by molar-refractivity contribution is -0.139. The maximum atomic E-state index is 11.7. The van der Waals surface area contributed by atoms with Gasteiger partial charge in [-0.3, -0.25) is 4.79 Å². The molecule has 7 heteroatoms. The van der Waals surface area contributed by atoms with Gasteiger partial charge in [0.2, 0.25) is 10.0 Å². The first-order chi connectivity index (χ1) is 7.47. The molecule has 6 nitrogen and oxygen atoms in total. The second-order valence-corrected chi connectivity index (χ2v) is 5.06. The molecule has 0 aliphatic rings. The Hall–Kier alpha value is -1.34. The van der Waals surface area contributed by atoms with Crippen LogP contribution in [0.5, 0.6) is 0 Å². The van der Waals surface area contributed by atoms with Crippen LogP contribution in [0.25, 0.3) is 0 Å². The van der Waals surface area contributed by atoms with Crippen molar-refractivity contribution in [3.8, 4) is 0 Å². The quantitative estimate of drug-likeness (QED) is 0.682. The fourth-order valence-electron chi connectivity index (χ4n) is 1.25. The number of carboxylic acids is 1. The maximum absolute atomic E-state index is 11.7. The summed E-state index contributed by atoms with van der Waals surface area (Å²) < 4.78 is 25.5. The Labute approximate surface area is 93.7 Å². The standard InChI is InChI=1S/C9H14N2O4S/c1-2-3-8(9(12)13)11-16(14,15)7-4-5-10-6-7/h4-6,8,10-11H,2-3H2,1H3,(H,12,13)/t8-/m1/s1. The number of aromatic nitrogens is 1. The minimum Gasteiger partial charge on any atom is -0.480 e. The van der Waals surface area contributed by atoms with E-state index in [1.807, 2.05) is 0 Å². The third-order valence-electron chi connectivity index (χ3n) is 2.05. The number of H-pyrrole nitrogens is 1. The highest BCUT2D eigenvalue weighted by Crippen LogP contribution is 2.09. The molecule has 0 unspecified atom stereocenters. The summed E-state index contributed by atoms with van der Waals surface area (Å²) >= 11 is 0. The number of hydrogen-bond donors (Lipinski definition) is 3. The highest BCUT2D eigenvalue weighted by atomic mass is 32.2. The molecule has 0 spiro atoms. The molecule has 1 aromatic heterocycles. The lowest BCUT2D eigenvalue weighted by Gasteiger charge is -2.12. The summed E-state index contributed by atoms with van der Waals surface area (Å²) in [6.07, 6.45) is 3.61. The van der Waals surface area contributed by atoms with E-state index in [0.29, 0.717) is 6.42 Å². The summed E-state index contributed by atoms with van der Waals surface area (Å²) in [6.45, 7) is 1.79. The van der Waals surface area contributed by atoms with Gasteiger partial charge in [0, 0.05) is 12.4 Å². The van der Waals surface area contributed by atoms with E-state index in [2.05, 4.69) is 9.71 Å². The van der Waals surface area contributed by atoms with Crippen LogP contribution in [0.2, 0.25) is 0 Å². The zero-order chi connectivity index (χ0) is 12.2. The van der Waals surface area contributed by atoms with Crippen LogP contribution in [0.3, 0.4) is 0 Å². The smallest absolute Gasteiger partial charge is 0.321 e. The molecule has 0 saturated carbocycles. The van der Waals surface area contributed by atoms with Gasteiger partial charge in [0.1, 0.15) is 6.04 Å². The predicted octanol–water partition coefficient (Wildman–Crippen LogP) is 0.546. The lowest BCUT2D eigenvalue weighted by Crippen LogP contribution is -2.40. The first-order valence-corrected chi connectivity index (χ1v) is 6.33. The molecule has 1 heterocycles. The minimum absolute atomic E-state index is 0.0369. The van der Waals surface area contributed by atoms with E-state index in [9.17, 15) is 13.2 Å². The van der Waals surface area contributed by atoms with Gasteiger partial charge >= 0.3 is 5.97 Å². The molecule has 0 saturated heterocycles. The number of aromatic amines is 1. The SMILES string of the molecule is CCC[C@@H](NS(=O)(=O)c1cc[nH]c1)C(=O)O. The fourth-order valence-corrected chi connectivity index (χ4v) is 2.45. The monoisotopic (exact) mass is 246 g/mol. The second-order valence-electron chi connectivity index (χ2n) is 3.35. The van der Waals surface area contributed by atoms with Crippen LogP contribution in [0.15, 0.2) is 23.4 Å². The van der Waals surface area contributed by atoms with E-state index in [-0.39, 0.29) is 11.3 Å². The van der Waals surface area contributed by atoms with Crippen molar-refractivity contribution < 1.29 is 18.3 Å². The summed E-state index contributed by atoms with van der Waals surface area (Å²) in [5.41, 5.74) is 0. The first-order valence-electron chi connectivity index (χ1n) is 4.85. The largest absolute Gasteiger partial charge is 0.480 e. The Morgan fingerprint density at radius 1 is 1.62 bits per heavy atom. The number of aliphatic carboxylic acids is 1. The van der Waals surface area contributed by atoms with E-state index < -0.39 is 22.0 Å². The minimum atomic E-state index is -3.75. The van der Waals surface area contributed by atoms with Gasteiger partial charge in [-0.05, 0) is 12.5 Å². The number of rotatable bonds is 6. The van der Waals surface area contributed by atoms with Gasteiger partial charge in [0.15, 0.2) is 0 Å². The van der Waals surface area contributed by atoms with E-state index in [0.717, 1.165) is 0 Å². The van der Waals surface area contributed by atoms with Crippen molar-refractivity contribution in [3.05, 3.63) is 18.5 Å². The molecule has 1 atom stereocenters. The van der Waals surface area contributed by atoms with Crippen LogP contribution in [0.1, 0.15) is 19.8 Å². The molecule has 0 aliphatic carbocycles. The molecule has 0 aromatic carbocycles. The van der Waals surface area contributed by atoms with E-state index >= 15 is 0 Å². The van der Waals surface area contributed by atoms with Crippen LogP contribution in [-0.4, -0.2) is 30.5 Å². The predicted molar refractivity (Wildman–Crippen MR) is 57.4 cm³/mol. The van der Waals surface area contributed by atoms with Crippen LogP contribution < -0.4 is 4.72 Å². The fraction of sp³-hybridized carbons (Fsp3) is 0.444.